The first-order valence-corrected chi connectivity index (χ1v) is 8.27. The molecule has 0 fully saturated rings. The molecule has 3 N–H and O–H groups in total. The van der Waals surface area contributed by atoms with Gasteiger partial charge in [0, 0.05) is 12.1 Å². The Hall–Kier alpha value is -2.52. The van der Waals surface area contributed by atoms with E-state index in [1.54, 1.807) is 16.6 Å². The number of hydrogen-bond acceptors (Lipinski definition) is 6. The molecule has 0 spiro atoms. The van der Waals surface area contributed by atoms with Crippen molar-refractivity contribution in [3.63, 3.8) is 0 Å². The van der Waals surface area contributed by atoms with Crippen molar-refractivity contribution in [3.05, 3.63) is 42.5 Å². The molecular formula is C13H14N6O2S. The highest BCUT2D eigenvalue weighted by Gasteiger charge is 2.10. The van der Waals surface area contributed by atoms with Gasteiger partial charge in [-0.05, 0) is 12.1 Å². The van der Waals surface area contributed by atoms with E-state index in [0.717, 1.165) is 5.56 Å². The van der Waals surface area contributed by atoms with Crippen molar-refractivity contribution in [1.29, 1.82) is 0 Å². The van der Waals surface area contributed by atoms with Gasteiger partial charge in [-0.2, -0.15) is 4.52 Å². The fourth-order valence-electron chi connectivity index (χ4n) is 1.97. The summed E-state index contributed by atoms with van der Waals surface area (Å²) in [7, 11) is -3.50. The summed E-state index contributed by atoms with van der Waals surface area (Å²) in [6.07, 6.45) is 0. The number of aromatic nitrogens is 4. The summed E-state index contributed by atoms with van der Waals surface area (Å²) in [6.45, 7) is 0.181. The summed E-state index contributed by atoms with van der Waals surface area (Å²) < 4.78 is 23.5. The molecule has 9 heteroatoms. The number of benzene rings is 1. The maximum atomic E-state index is 10.9. The SMILES string of the molecule is NS(=O)(=O)CCNc1ccc2nnc(-c3ccccc3)n2n1. The van der Waals surface area contributed by atoms with Crippen molar-refractivity contribution >= 4 is 21.5 Å². The molecule has 0 aliphatic rings. The quantitative estimate of drug-likeness (QED) is 0.707. The van der Waals surface area contributed by atoms with Gasteiger partial charge in [0.1, 0.15) is 5.82 Å². The van der Waals surface area contributed by atoms with E-state index >= 15 is 0 Å². The van der Waals surface area contributed by atoms with E-state index in [2.05, 4.69) is 20.6 Å². The van der Waals surface area contributed by atoms with Crippen LogP contribution in [0.4, 0.5) is 5.82 Å². The number of sulfonamides is 1. The molecule has 3 aromatic rings. The van der Waals surface area contributed by atoms with E-state index in [4.69, 9.17) is 5.14 Å². The van der Waals surface area contributed by atoms with Crippen LogP contribution < -0.4 is 10.5 Å². The fraction of sp³-hybridized carbons (Fsp3) is 0.154. The zero-order chi connectivity index (χ0) is 15.6. The minimum absolute atomic E-state index is 0.166. The third kappa shape index (κ3) is 3.21. The second-order valence-corrected chi connectivity index (χ2v) is 6.41. The lowest BCUT2D eigenvalue weighted by atomic mass is 10.2. The third-order valence-corrected chi connectivity index (χ3v) is 3.76. The molecule has 0 unspecified atom stereocenters. The second-order valence-electron chi connectivity index (χ2n) is 4.67. The number of nitrogens with zero attached hydrogens (tertiary/aromatic N) is 4. The van der Waals surface area contributed by atoms with Crippen LogP contribution in [0.2, 0.25) is 0 Å². The molecule has 3 rings (SSSR count). The van der Waals surface area contributed by atoms with Crippen LogP contribution in [0.5, 0.6) is 0 Å². The van der Waals surface area contributed by atoms with Crippen molar-refractivity contribution in [3.8, 4) is 11.4 Å². The minimum Gasteiger partial charge on any atom is -0.368 e. The first kappa shape index (κ1) is 14.4. The Morgan fingerprint density at radius 1 is 1.09 bits per heavy atom. The van der Waals surface area contributed by atoms with Crippen LogP contribution in [0.15, 0.2) is 42.5 Å². The van der Waals surface area contributed by atoms with Crippen molar-refractivity contribution in [2.75, 3.05) is 17.6 Å². The second kappa shape index (κ2) is 5.70. The maximum absolute atomic E-state index is 10.9. The number of rotatable bonds is 5. The Morgan fingerprint density at radius 2 is 1.86 bits per heavy atom. The van der Waals surface area contributed by atoms with Gasteiger partial charge in [0.2, 0.25) is 10.0 Å². The summed E-state index contributed by atoms with van der Waals surface area (Å²) in [5, 5.41) is 20.4. The fourth-order valence-corrected chi connectivity index (χ4v) is 2.36. The Bertz CT molecular complexity index is 891. The van der Waals surface area contributed by atoms with Gasteiger partial charge in [-0.15, -0.1) is 15.3 Å². The van der Waals surface area contributed by atoms with Crippen LogP contribution in [0.25, 0.3) is 17.0 Å². The van der Waals surface area contributed by atoms with E-state index in [1.807, 2.05) is 30.3 Å². The van der Waals surface area contributed by atoms with E-state index in [9.17, 15) is 8.42 Å². The normalized spacial score (nSPS) is 11.7. The molecule has 2 heterocycles. The monoisotopic (exact) mass is 318 g/mol. The standard InChI is InChI=1S/C13H14N6O2S/c14-22(20,21)9-8-15-11-6-7-12-16-17-13(19(12)18-11)10-4-2-1-3-5-10/h1-7H,8-9H2,(H,15,18)(H2,14,20,21). The van der Waals surface area contributed by atoms with E-state index in [-0.39, 0.29) is 12.3 Å². The molecule has 2 aromatic heterocycles. The van der Waals surface area contributed by atoms with Crippen molar-refractivity contribution in [2.24, 2.45) is 5.14 Å². The summed E-state index contributed by atoms with van der Waals surface area (Å²) in [6, 6.07) is 13.0. The minimum atomic E-state index is -3.50. The van der Waals surface area contributed by atoms with Crippen LogP contribution in [-0.4, -0.2) is 40.5 Å². The van der Waals surface area contributed by atoms with Crippen LogP contribution in [0.3, 0.4) is 0 Å². The van der Waals surface area contributed by atoms with Gasteiger partial charge in [0.25, 0.3) is 0 Å². The van der Waals surface area contributed by atoms with Crippen molar-refractivity contribution < 1.29 is 8.42 Å². The average molecular weight is 318 g/mol. The van der Waals surface area contributed by atoms with Crippen molar-refractivity contribution in [1.82, 2.24) is 19.8 Å². The Balaban J connectivity index is 1.89. The molecule has 0 amide bonds. The number of primary sulfonamides is 1. The van der Waals surface area contributed by atoms with Gasteiger partial charge >= 0.3 is 0 Å². The number of hydrogen-bond donors (Lipinski definition) is 2. The van der Waals surface area contributed by atoms with Crippen molar-refractivity contribution in [2.45, 2.75) is 0 Å². The molecule has 1 aromatic carbocycles. The first-order valence-electron chi connectivity index (χ1n) is 6.55. The van der Waals surface area contributed by atoms with Gasteiger partial charge in [0.05, 0.1) is 5.75 Å². The molecule has 114 valence electrons. The van der Waals surface area contributed by atoms with Crippen LogP contribution in [0.1, 0.15) is 0 Å². The molecule has 0 bridgehead atoms. The molecule has 0 radical (unpaired) electrons. The van der Waals surface area contributed by atoms with Gasteiger partial charge in [-0.3, -0.25) is 0 Å². The van der Waals surface area contributed by atoms with E-state index in [0.29, 0.717) is 17.3 Å². The topological polar surface area (TPSA) is 115 Å². The predicted octanol–water partition coefficient (Wildman–Crippen LogP) is 0.492. The summed E-state index contributed by atoms with van der Waals surface area (Å²) in [5.74, 6) is 0.972. The smallest absolute Gasteiger partial charge is 0.210 e. The number of fused-ring (bicyclic) bond motifs is 1. The lowest BCUT2D eigenvalue weighted by molar-refractivity contribution is 0.598. The highest BCUT2D eigenvalue weighted by Crippen LogP contribution is 2.17. The Labute approximate surface area is 127 Å². The third-order valence-electron chi connectivity index (χ3n) is 2.99. The molecule has 0 aliphatic heterocycles. The zero-order valence-corrected chi connectivity index (χ0v) is 12.4. The lowest BCUT2D eigenvalue weighted by Gasteiger charge is -2.05. The summed E-state index contributed by atoms with van der Waals surface area (Å²) in [5.41, 5.74) is 1.50. The highest BCUT2D eigenvalue weighted by atomic mass is 32.2. The molecular weight excluding hydrogens is 304 g/mol. The van der Waals surface area contributed by atoms with Crippen LogP contribution in [0, 0.1) is 0 Å². The van der Waals surface area contributed by atoms with E-state index < -0.39 is 10.0 Å². The van der Waals surface area contributed by atoms with Gasteiger partial charge in [-0.25, -0.2) is 13.6 Å². The number of anilines is 1. The number of nitrogens with two attached hydrogens (primary N) is 1. The zero-order valence-electron chi connectivity index (χ0n) is 11.5. The van der Waals surface area contributed by atoms with Gasteiger partial charge in [-0.1, -0.05) is 30.3 Å². The molecule has 22 heavy (non-hydrogen) atoms. The Kier molecular flexibility index (Phi) is 3.73. The molecule has 0 saturated heterocycles. The molecule has 0 saturated carbocycles. The molecule has 8 nitrogen and oxygen atoms in total. The maximum Gasteiger partial charge on any atom is 0.210 e. The average Bonchev–Trinajstić information content (AvgIpc) is 2.90. The van der Waals surface area contributed by atoms with Crippen LogP contribution in [-0.2, 0) is 10.0 Å². The first-order chi connectivity index (χ1) is 10.5. The largest absolute Gasteiger partial charge is 0.368 e. The Morgan fingerprint density at radius 3 is 2.59 bits per heavy atom. The molecule has 0 atom stereocenters. The van der Waals surface area contributed by atoms with Crippen LogP contribution >= 0.6 is 0 Å². The highest BCUT2D eigenvalue weighted by molar-refractivity contribution is 7.89. The summed E-state index contributed by atoms with van der Waals surface area (Å²) in [4.78, 5) is 0. The van der Waals surface area contributed by atoms with Gasteiger partial charge in [0.15, 0.2) is 11.5 Å². The predicted molar refractivity (Wildman–Crippen MR) is 82.7 cm³/mol. The number of nitrogens with one attached hydrogen (secondary N) is 1. The summed E-state index contributed by atoms with van der Waals surface area (Å²) >= 11 is 0. The lowest BCUT2D eigenvalue weighted by Crippen LogP contribution is -2.22. The van der Waals surface area contributed by atoms with E-state index in [1.165, 1.54) is 0 Å². The van der Waals surface area contributed by atoms with Gasteiger partial charge < -0.3 is 5.32 Å². The molecule has 0 aliphatic carbocycles.